The first-order chi connectivity index (χ1) is 8.94. The summed E-state index contributed by atoms with van der Waals surface area (Å²) in [6.45, 7) is 3.04. The van der Waals surface area contributed by atoms with Gasteiger partial charge in [-0.2, -0.15) is 0 Å². The molecule has 4 radical (unpaired) electrons. The molecule has 0 spiro atoms. The Bertz CT molecular complexity index is 345. The average Bonchev–Trinajstić information content (AvgIpc) is 2.28. The van der Waals surface area contributed by atoms with E-state index in [1.165, 1.54) is 0 Å². The molecule has 0 aromatic heterocycles. The van der Waals surface area contributed by atoms with Crippen LogP contribution in [0.5, 0.6) is 0 Å². The van der Waals surface area contributed by atoms with Gasteiger partial charge in [-0.25, -0.2) is 0 Å². The number of hydrogen-bond acceptors (Lipinski definition) is 2. The molecule has 0 fully saturated rings. The molecule has 0 saturated heterocycles. The Kier molecular flexibility index (Phi) is 9.66. The van der Waals surface area contributed by atoms with E-state index in [0.717, 1.165) is 12.8 Å². The third-order valence-corrected chi connectivity index (χ3v) is 3.82. The van der Waals surface area contributed by atoms with Gasteiger partial charge in [-0.05, 0) is 18.8 Å². The summed E-state index contributed by atoms with van der Waals surface area (Å²) in [5.74, 6) is -0.386. The van der Waals surface area contributed by atoms with Crippen molar-refractivity contribution in [2.45, 2.75) is 26.0 Å². The second kappa shape index (κ2) is 9.20. The van der Waals surface area contributed by atoms with Crippen molar-refractivity contribution >= 4 is 91.2 Å². The third kappa shape index (κ3) is 9.84. The zero-order chi connectivity index (χ0) is 16.0. The van der Waals surface area contributed by atoms with Gasteiger partial charge in [0.25, 0.3) is 0 Å². The molecule has 0 aliphatic heterocycles. The van der Waals surface area contributed by atoms with Crippen LogP contribution >= 0.6 is 63.7 Å². The van der Waals surface area contributed by atoms with Crippen LogP contribution in [0.2, 0.25) is 0 Å². The first-order valence-corrected chi connectivity index (χ1v) is 9.01. The van der Waals surface area contributed by atoms with E-state index in [2.05, 4.69) is 74.4 Å². The van der Waals surface area contributed by atoms with Crippen molar-refractivity contribution in [2.75, 3.05) is 13.1 Å². The summed E-state index contributed by atoms with van der Waals surface area (Å²) in [5, 5.41) is 5.40. The van der Waals surface area contributed by atoms with Gasteiger partial charge in [-0.3, -0.25) is 9.59 Å². The Morgan fingerprint density at radius 1 is 1.05 bits per heavy atom. The second-order valence-electron chi connectivity index (χ2n) is 4.46. The van der Waals surface area contributed by atoms with Crippen molar-refractivity contribution in [1.29, 1.82) is 0 Å². The SMILES string of the molecule is [B]C(Br)(Br)C(=O)NCCCC(C)CNC(=O)C([B])(Br)Br. The van der Waals surface area contributed by atoms with Crippen LogP contribution in [0.1, 0.15) is 19.8 Å². The largest absolute Gasteiger partial charge is 0.355 e. The van der Waals surface area contributed by atoms with Gasteiger partial charge in [0, 0.05) is 13.1 Å². The minimum Gasteiger partial charge on any atom is -0.355 e. The number of halogens is 4. The van der Waals surface area contributed by atoms with Crippen molar-refractivity contribution in [1.82, 2.24) is 10.6 Å². The summed E-state index contributed by atoms with van der Waals surface area (Å²) < 4.78 is -2.46. The predicted molar refractivity (Wildman–Crippen MR) is 97.1 cm³/mol. The maximum Gasteiger partial charge on any atom is 0.238 e. The molecule has 10 heteroatoms. The summed E-state index contributed by atoms with van der Waals surface area (Å²) in [5.41, 5.74) is 0. The van der Waals surface area contributed by atoms with Gasteiger partial charge in [0.1, 0.15) is 22.0 Å². The number of carbonyl (C=O) groups excluding carboxylic acids is 2. The van der Waals surface area contributed by atoms with Crippen molar-refractivity contribution < 1.29 is 9.59 Å². The lowest BCUT2D eigenvalue weighted by Gasteiger charge is -2.18. The van der Waals surface area contributed by atoms with E-state index in [-0.39, 0.29) is 17.7 Å². The van der Waals surface area contributed by atoms with Crippen LogP contribution in [-0.4, -0.2) is 46.9 Å². The molecular formula is C10H14B2Br4N2O2. The Morgan fingerprint density at radius 3 is 1.95 bits per heavy atom. The van der Waals surface area contributed by atoms with Gasteiger partial charge in [-0.1, -0.05) is 70.6 Å². The van der Waals surface area contributed by atoms with E-state index in [9.17, 15) is 9.59 Å². The lowest BCUT2D eigenvalue weighted by molar-refractivity contribution is -0.120. The fraction of sp³-hybridized carbons (Fsp3) is 0.800. The molecule has 1 atom stereocenters. The molecule has 0 rings (SSSR count). The molecule has 0 aliphatic carbocycles. The zero-order valence-electron chi connectivity index (χ0n) is 10.9. The van der Waals surface area contributed by atoms with Gasteiger partial charge < -0.3 is 10.6 Å². The minimum absolute atomic E-state index is 0.272. The summed E-state index contributed by atoms with van der Waals surface area (Å²) in [4.78, 5) is 22.9. The predicted octanol–water partition coefficient (Wildman–Crippen LogP) is 1.86. The Balaban J connectivity index is 3.78. The Labute approximate surface area is 155 Å². The number of carbonyl (C=O) groups is 2. The van der Waals surface area contributed by atoms with Crippen molar-refractivity contribution in [2.24, 2.45) is 5.92 Å². The van der Waals surface area contributed by atoms with Crippen LogP contribution in [0, 0.1) is 5.92 Å². The normalized spacial score (nSPS) is 13.7. The molecule has 20 heavy (non-hydrogen) atoms. The molecule has 0 heterocycles. The van der Waals surface area contributed by atoms with Crippen LogP contribution in [0.4, 0.5) is 0 Å². The van der Waals surface area contributed by atoms with Crippen molar-refractivity contribution in [3.05, 3.63) is 0 Å². The number of nitrogens with one attached hydrogen (secondary N) is 2. The highest BCUT2D eigenvalue weighted by Gasteiger charge is 2.25. The van der Waals surface area contributed by atoms with Gasteiger partial charge in [0.15, 0.2) is 0 Å². The summed E-state index contributed by atoms with van der Waals surface area (Å²) in [6, 6.07) is 0. The quantitative estimate of drug-likeness (QED) is 0.283. The van der Waals surface area contributed by atoms with E-state index < -0.39 is 6.27 Å². The molecule has 1 unspecified atom stereocenters. The maximum absolute atomic E-state index is 11.5. The van der Waals surface area contributed by atoms with E-state index in [1.807, 2.05) is 6.92 Å². The van der Waals surface area contributed by atoms with E-state index >= 15 is 0 Å². The van der Waals surface area contributed by atoms with Gasteiger partial charge >= 0.3 is 0 Å². The Hall–Kier alpha value is 0.990. The van der Waals surface area contributed by atoms with Crippen LogP contribution in [0.15, 0.2) is 0 Å². The molecule has 0 aromatic rings. The van der Waals surface area contributed by atoms with Crippen LogP contribution in [-0.2, 0) is 9.59 Å². The van der Waals surface area contributed by atoms with Crippen LogP contribution in [0.25, 0.3) is 0 Å². The highest BCUT2D eigenvalue weighted by atomic mass is 79.9. The summed E-state index contributed by atoms with van der Waals surface area (Å²) in [6.07, 6.45) is 1.64. The fourth-order valence-corrected chi connectivity index (χ4v) is 1.82. The summed E-state index contributed by atoms with van der Waals surface area (Å²) in [7, 11) is 11.0. The molecule has 0 saturated carbocycles. The smallest absolute Gasteiger partial charge is 0.238 e. The van der Waals surface area contributed by atoms with Crippen LogP contribution < -0.4 is 10.6 Å². The standard InChI is InChI=1S/C10H14B2Br4N2O2/c1-6(5-18-8(20)10(12,15)16)3-2-4-17-7(19)9(11,13)14/h6H,2-5H2,1H3,(H,17,19)(H,18,20). The lowest BCUT2D eigenvalue weighted by atomic mass is 10.0. The monoisotopic (exact) mass is 532 g/mol. The maximum atomic E-state index is 11.5. The Morgan fingerprint density at radius 2 is 1.50 bits per heavy atom. The fourth-order valence-electron chi connectivity index (χ4n) is 1.26. The van der Waals surface area contributed by atoms with Gasteiger partial charge in [0.05, 0.1) is 0 Å². The molecule has 2 amide bonds. The first kappa shape index (κ1) is 21.0. The molecule has 110 valence electrons. The summed E-state index contributed by atoms with van der Waals surface area (Å²) >= 11 is 12.0. The molecule has 0 aliphatic rings. The van der Waals surface area contributed by atoms with Gasteiger partial charge in [-0.15, -0.1) is 0 Å². The minimum atomic E-state index is -1.23. The van der Waals surface area contributed by atoms with E-state index in [4.69, 9.17) is 15.7 Å². The number of hydrogen-bond donors (Lipinski definition) is 2. The molecule has 4 nitrogen and oxygen atoms in total. The second-order valence-corrected chi connectivity index (χ2v) is 11.6. The van der Waals surface area contributed by atoms with Crippen molar-refractivity contribution in [3.63, 3.8) is 0 Å². The molecular weight excluding hydrogens is 521 g/mol. The molecule has 2 N–H and O–H groups in total. The zero-order valence-corrected chi connectivity index (χ0v) is 17.2. The molecule has 0 aromatic carbocycles. The lowest BCUT2D eigenvalue weighted by Crippen LogP contribution is -2.40. The van der Waals surface area contributed by atoms with Crippen molar-refractivity contribution in [3.8, 4) is 0 Å². The van der Waals surface area contributed by atoms with E-state index in [1.54, 1.807) is 0 Å². The topological polar surface area (TPSA) is 58.2 Å². The highest BCUT2D eigenvalue weighted by molar-refractivity contribution is 9.26. The van der Waals surface area contributed by atoms with Gasteiger partial charge in [0.2, 0.25) is 11.8 Å². The third-order valence-electron chi connectivity index (χ3n) is 2.38. The number of rotatable bonds is 8. The average molecular weight is 535 g/mol. The number of alkyl halides is 4. The number of amides is 2. The first-order valence-electron chi connectivity index (χ1n) is 5.84. The van der Waals surface area contributed by atoms with Crippen LogP contribution in [0.3, 0.4) is 0 Å². The van der Waals surface area contributed by atoms with E-state index in [0.29, 0.717) is 13.1 Å². The molecule has 0 bridgehead atoms. The highest BCUT2D eigenvalue weighted by Crippen LogP contribution is 2.22.